The number of hydrogen-bond acceptors (Lipinski definition) is 2. The van der Waals surface area contributed by atoms with Gasteiger partial charge >= 0.3 is 0 Å². The van der Waals surface area contributed by atoms with Crippen LogP contribution in [0.2, 0.25) is 0 Å². The lowest BCUT2D eigenvalue weighted by Gasteiger charge is -2.18. The first kappa shape index (κ1) is 13.8. The molecule has 2 heteroatoms. The third-order valence-electron chi connectivity index (χ3n) is 3.50. The van der Waals surface area contributed by atoms with Crippen LogP contribution in [0.4, 0.5) is 0 Å². The fourth-order valence-electron chi connectivity index (χ4n) is 2.41. The van der Waals surface area contributed by atoms with Gasteiger partial charge < -0.3 is 5.32 Å². The topological polar surface area (TPSA) is 24.9 Å². The fourth-order valence-corrected chi connectivity index (χ4v) is 2.41. The Bertz CT molecular complexity index is 494. The zero-order valence-electron chi connectivity index (χ0n) is 11.8. The summed E-state index contributed by atoms with van der Waals surface area (Å²) in [7, 11) is 0. The van der Waals surface area contributed by atoms with Crippen molar-refractivity contribution in [2.24, 2.45) is 0 Å². The molecule has 2 aromatic rings. The van der Waals surface area contributed by atoms with Crippen LogP contribution in [-0.2, 0) is 6.42 Å². The van der Waals surface area contributed by atoms with Gasteiger partial charge in [-0.15, -0.1) is 0 Å². The van der Waals surface area contributed by atoms with Crippen molar-refractivity contribution in [2.75, 3.05) is 6.54 Å². The van der Waals surface area contributed by atoms with Gasteiger partial charge in [0.2, 0.25) is 0 Å². The number of pyridine rings is 1. The van der Waals surface area contributed by atoms with Crippen molar-refractivity contribution >= 4 is 0 Å². The average Bonchev–Trinajstić information content (AvgIpc) is 2.46. The van der Waals surface area contributed by atoms with Crippen molar-refractivity contribution in [1.82, 2.24) is 10.3 Å². The monoisotopic (exact) mass is 254 g/mol. The van der Waals surface area contributed by atoms with Crippen LogP contribution in [0.5, 0.6) is 0 Å². The molecule has 0 amide bonds. The maximum atomic E-state index is 4.22. The van der Waals surface area contributed by atoms with Gasteiger partial charge in [0.15, 0.2) is 0 Å². The maximum absolute atomic E-state index is 4.22. The molecule has 0 spiro atoms. The molecule has 0 aliphatic heterocycles. The van der Waals surface area contributed by atoms with Crippen LogP contribution < -0.4 is 5.32 Å². The van der Waals surface area contributed by atoms with Gasteiger partial charge in [0.25, 0.3) is 0 Å². The van der Waals surface area contributed by atoms with Crippen molar-refractivity contribution in [3.8, 4) is 0 Å². The highest BCUT2D eigenvalue weighted by Crippen LogP contribution is 2.19. The van der Waals surface area contributed by atoms with Crippen LogP contribution in [0.25, 0.3) is 0 Å². The van der Waals surface area contributed by atoms with Crippen LogP contribution in [0, 0.1) is 6.92 Å². The zero-order chi connectivity index (χ0) is 13.5. The molecular weight excluding hydrogens is 232 g/mol. The molecule has 0 bridgehead atoms. The number of rotatable bonds is 6. The van der Waals surface area contributed by atoms with Crippen LogP contribution in [0.3, 0.4) is 0 Å². The Balaban J connectivity index is 2.04. The first-order valence-corrected chi connectivity index (χ1v) is 6.99. The number of nitrogens with zero attached hydrogens (tertiary/aromatic N) is 1. The molecule has 19 heavy (non-hydrogen) atoms. The van der Waals surface area contributed by atoms with E-state index in [4.69, 9.17) is 0 Å². The average molecular weight is 254 g/mol. The Morgan fingerprint density at radius 3 is 2.68 bits per heavy atom. The molecule has 0 aliphatic carbocycles. The quantitative estimate of drug-likeness (QED) is 0.850. The predicted molar refractivity (Wildman–Crippen MR) is 80.2 cm³/mol. The van der Waals surface area contributed by atoms with Gasteiger partial charge in [0.05, 0.1) is 0 Å². The Labute approximate surface area is 115 Å². The summed E-state index contributed by atoms with van der Waals surface area (Å²) in [6.07, 6.45) is 5.99. The minimum atomic E-state index is 0.387. The first-order valence-electron chi connectivity index (χ1n) is 6.99. The van der Waals surface area contributed by atoms with Gasteiger partial charge in [-0.3, -0.25) is 4.98 Å². The predicted octanol–water partition coefficient (Wildman–Crippen LogP) is 3.67. The highest BCUT2D eigenvalue weighted by molar-refractivity contribution is 5.26. The van der Waals surface area contributed by atoms with E-state index >= 15 is 0 Å². The molecule has 1 aromatic carbocycles. The molecule has 0 radical (unpaired) electrons. The minimum Gasteiger partial charge on any atom is -0.310 e. The van der Waals surface area contributed by atoms with Gasteiger partial charge in [0, 0.05) is 18.4 Å². The number of aryl methyl sites for hydroxylation is 2. The lowest BCUT2D eigenvalue weighted by molar-refractivity contribution is 0.513. The Kier molecular flexibility index (Phi) is 5.10. The Hall–Kier alpha value is -1.67. The molecule has 100 valence electrons. The lowest BCUT2D eigenvalue weighted by Crippen LogP contribution is -2.21. The van der Waals surface area contributed by atoms with Gasteiger partial charge in [0.1, 0.15) is 0 Å². The Morgan fingerprint density at radius 1 is 1.16 bits per heavy atom. The van der Waals surface area contributed by atoms with E-state index in [0.29, 0.717) is 6.04 Å². The molecule has 1 aromatic heterocycles. The fraction of sp³-hybridized carbons (Fsp3) is 0.353. The molecule has 1 N–H and O–H groups in total. The van der Waals surface area contributed by atoms with E-state index in [0.717, 1.165) is 19.4 Å². The SMILES string of the molecule is CCNC(CCc1ccccc1C)c1cccnc1. The number of aromatic nitrogens is 1. The van der Waals surface area contributed by atoms with Crippen molar-refractivity contribution in [2.45, 2.75) is 32.7 Å². The van der Waals surface area contributed by atoms with E-state index in [2.05, 4.69) is 54.5 Å². The van der Waals surface area contributed by atoms with Gasteiger partial charge in [-0.05, 0) is 49.1 Å². The van der Waals surface area contributed by atoms with E-state index in [-0.39, 0.29) is 0 Å². The summed E-state index contributed by atoms with van der Waals surface area (Å²) in [5, 5.41) is 3.55. The second-order valence-electron chi connectivity index (χ2n) is 4.86. The molecule has 1 atom stereocenters. The molecule has 0 fully saturated rings. The van der Waals surface area contributed by atoms with E-state index in [1.165, 1.54) is 16.7 Å². The highest BCUT2D eigenvalue weighted by atomic mass is 14.9. The summed E-state index contributed by atoms with van der Waals surface area (Å²) in [6, 6.07) is 13.2. The summed E-state index contributed by atoms with van der Waals surface area (Å²) in [4.78, 5) is 4.22. The normalized spacial score (nSPS) is 12.3. The van der Waals surface area contributed by atoms with Crippen molar-refractivity contribution in [1.29, 1.82) is 0 Å². The van der Waals surface area contributed by atoms with Crippen LogP contribution in [0.15, 0.2) is 48.8 Å². The number of nitrogens with one attached hydrogen (secondary N) is 1. The first-order chi connectivity index (χ1) is 9.31. The largest absolute Gasteiger partial charge is 0.310 e. The molecular formula is C17H22N2. The summed E-state index contributed by atoms with van der Waals surface area (Å²) in [6.45, 7) is 5.31. The van der Waals surface area contributed by atoms with E-state index < -0.39 is 0 Å². The van der Waals surface area contributed by atoms with Crippen LogP contribution in [-0.4, -0.2) is 11.5 Å². The summed E-state index contributed by atoms with van der Waals surface area (Å²) in [5.74, 6) is 0. The number of hydrogen-bond donors (Lipinski definition) is 1. The highest BCUT2D eigenvalue weighted by Gasteiger charge is 2.10. The van der Waals surface area contributed by atoms with Gasteiger partial charge in [-0.2, -0.15) is 0 Å². The van der Waals surface area contributed by atoms with Crippen molar-refractivity contribution in [3.63, 3.8) is 0 Å². The van der Waals surface area contributed by atoms with Crippen LogP contribution in [0.1, 0.15) is 36.1 Å². The smallest absolute Gasteiger partial charge is 0.0338 e. The van der Waals surface area contributed by atoms with Crippen LogP contribution >= 0.6 is 0 Å². The third kappa shape index (κ3) is 3.90. The lowest BCUT2D eigenvalue weighted by atomic mass is 9.98. The molecule has 1 unspecified atom stereocenters. The summed E-state index contributed by atoms with van der Waals surface area (Å²) < 4.78 is 0. The molecule has 0 saturated heterocycles. The number of benzene rings is 1. The summed E-state index contributed by atoms with van der Waals surface area (Å²) >= 11 is 0. The minimum absolute atomic E-state index is 0.387. The molecule has 0 saturated carbocycles. The molecule has 1 heterocycles. The second kappa shape index (κ2) is 7.05. The zero-order valence-corrected chi connectivity index (χ0v) is 11.8. The standard InChI is InChI=1S/C17H22N2/c1-3-19-17(16-9-6-12-18-13-16)11-10-15-8-5-4-7-14(15)2/h4-9,12-13,17,19H,3,10-11H2,1-2H3. The third-order valence-corrected chi connectivity index (χ3v) is 3.50. The Morgan fingerprint density at radius 2 is 2.00 bits per heavy atom. The van der Waals surface area contributed by atoms with Gasteiger partial charge in [-0.25, -0.2) is 0 Å². The van der Waals surface area contributed by atoms with Gasteiger partial charge in [-0.1, -0.05) is 37.3 Å². The van der Waals surface area contributed by atoms with E-state index in [9.17, 15) is 0 Å². The molecule has 2 rings (SSSR count). The van der Waals surface area contributed by atoms with Crippen molar-refractivity contribution in [3.05, 3.63) is 65.5 Å². The summed E-state index contributed by atoms with van der Waals surface area (Å²) in [5.41, 5.74) is 4.09. The maximum Gasteiger partial charge on any atom is 0.0338 e. The van der Waals surface area contributed by atoms with Crippen molar-refractivity contribution < 1.29 is 0 Å². The second-order valence-corrected chi connectivity index (χ2v) is 4.86. The molecule has 0 aliphatic rings. The van der Waals surface area contributed by atoms with E-state index in [1.54, 1.807) is 0 Å². The van der Waals surface area contributed by atoms with E-state index in [1.807, 2.05) is 18.5 Å². The molecule has 2 nitrogen and oxygen atoms in total.